The molecule has 0 radical (unpaired) electrons. The summed E-state index contributed by atoms with van der Waals surface area (Å²) >= 11 is 0. The van der Waals surface area contributed by atoms with Crippen molar-refractivity contribution in [2.45, 2.75) is 33.4 Å². The van der Waals surface area contributed by atoms with E-state index in [2.05, 4.69) is 30.4 Å². The minimum Gasteiger partial charge on any atom is -0.350 e. The van der Waals surface area contributed by atoms with Gasteiger partial charge >= 0.3 is 0 Å². The second kappa shape index (κ2) is 6.88. The standard InChI is InChI=1S/C16H22N8O/c1-10-5-12(3)24(22-10)6-11(2)21-13(25)7-23(4)16-14-15(18-8-17-14)19-9-20-16/h5,8-9,11H,6-7H2,1-4H3,(H,21,25)(H,17,18,19,20)/t11-/m1/s1. The van der Waals surface area contributed by atoms with Crippen LogP contribution in [0.4, 0.5) is 5.82 Å². The van der Waals surface area contributed by atoms with E-state index < -0.39 is 0 Å². The number of aromatic nitrogens is 6. The summed E-state index contributed by atoms with van der Waals surface area (Å²) in [5, 5.41) is 7.42. The van der Waals surface area contributed by atoms with E-state index in [1.54, 1.807) is 11.2 Å². The van der Waals surface area contributed by atoms with Gasteiger partial charge in [0, 0.05) is 18.8 Å². The molecule has 0 spiro atoms. The monoisotopic (exact) mass is 342 g/mol. The van der Waals surface area contributed by atoms with Crippen LogP contribution in [0.25, 0.3) is 11.2 Å². The quantitative estimate of drug-likeness (QED) is 0.687. The molecule has 0 aliphatic rings. The van der Waals surface area contributed by atoms with Crippen LogP contribution in [0, 0.1) is 13.8 Å². The fourth-order valence-electron chi connectivity index (χ4n) is 2.82. The van der Waals surface area contributed by atoms with E-state index in [1.165, 1.54) is 6.33 Å². The second-order valence-electron chi connectivity index (χ2n) is 6.23. The average Bonchev–Trinajstić information content (AvgIpc) is 3.12. The topological polar surface area (TPSA) is 105 Å². The van der Waals surface area contributed by atoms with Crippen molar-refractivity contribution in [3.63, 3.8) is 0 Å². The van der Waals surface area contributed by atoms with Crippen LogP contribution in [0.2, 0.25) is 0 Å². The molecule has 132 valence electrons. The number of amides is 1. The highest BCUT2D eigenvalue weighted by Crippen LogP contribution is 2.17. The predicted molar refractivity (Wildman–Crippen MR) is 94.3 cm³/mol. The number of rotatable bonds is 6. The maximum Gasteiger partial charge on any atom is 0.239 e. The van der Waals surface area contributed by atoms with E-state index in [4.69, 9.17) is 0 Å². The third kappa shape index (κ3) is 3.76. The van der Waals surface area contributed by atoms with Crippen LogP contribution in [0.3, 0.4) is 0 Å². The lowest BCUT2D eigenvalue weighted by molar-refractivity contribution is -0.120. The van der Waals surface area contributed by atoms with Crippen molar-refractivity contribution in [1.82, 2.24) is 35.0 Å². The normalized spacial score (nSPS) is 12.3. The van der Waals surface area contributed by atoms with E-state index in [0.717, 1.165) is 11.4 Å². The van der Waals surface area contributed by atoms with Gasteiger partial charge in [0.1, 0.15) is 11.8 Å². The SMILES string of the molecule is Cc1cc(C)n(C[C@@H](C)NC(=O)CN(C)c2ncnc3nc[nH]c23)n1. The summed E-state index contributed by atoms with van der Waals surface area (Å²) in [6.45, 7) is 6.75. The third-order valence-corrected chi connectivity index (χ3v) is 3.90. The molecule has 0 unspecified atom stereocenters. The number of hydrogen-bond acceptors (Lipinski definition) is 6. The summed E-state index contributed by atoms with van der Waals surface area (Å²) in [7, 11) is 1.81. The third-order valence-electron chi connectivity index (χ3n) is 3.90. The minimum atomic E-state index is -0.0807. The number of hydrogen-bond donors (Lipinski definition) is 2. The summed E-state index contributed by atoms with van der Waals surface area (Å²) < 4.78 is 1.91. The van der Waals surface area contributed by atoms with Gasteiger partial charge in [-0.25, -0.2) is 15.0 Å². The number of aromatic amines is 1. The van der Waals surface area contributed by atoms with Crippen molar-refractivity contribution < 1.29 is 4.79 Å². The van der Waals surface area contributed by atoms with E-state index in [9.17, 15) is 4.79 Å². The number of anilines is 1. The smallest absolute Gasteiger partial charge is 0.239 e. The van der Waals surface area contributed by atoms with E-state index in [0.29, 0.717) is 23.5 Å². The van der Waals surface area contributed by atoms with Crippen molar-refractivity contribution in [3.05, 3.63) is 30.1 Å². The maximum absolute atomic E-state index is 12.3. The van der Waals surface area contributed by atoms with Crippen LogP contribution in [0.1, 0.15) is 18.3 Å². The molecule has 2 N–H and O–H groups in total. The summed E-state index contributed by atoms with van der Waals surface area (Å²) in [5.41, 5.74) is 3.35. The summed E-state index contributed by atoms with van der Waals surface area (Å²) in [6.07, 6.45) is 3.01. The van der Waals surface area contributed by atoms with Crippen LogP contribution >= 0.6 is 0 Å². The van der Waals surface area contributed by atoms with Gasteiger partial charge in [-0.05, 0) is 26.8 Å². The molecule has 0 aliphatic carbocycles. The molecule has 0 fully saturated rings. The zero-order chi connectivity index (χ0) is 18.0. The largest absolute Gasteiger partial charge is 0.350 e. The molecule has 3 rings (SSSR count). The van der Waals surface area contributed by atoms with Gasteiger partial charge in [0.25, 0.3) is 0 Å². The molecule has 3 aromatic heterocycles. The second-order valence-corrected chi connectivity index (χ2v) is 6.23. The van der Waals surface area contributed by atoms with Crippen molar-refractivity contribution in [1.29, 1.82) is 0 Å². The van der Waals surface area contributed by atoms with Gasteiger partial charge in [-0.15, -0.1) is 0 Å². The van der Waals surface area contributed by atoms with Crippen LogP contribution in [0.5, 0.6) is 0 Å². The molecule has 3 aromatic rings. The molecular weight excluding hydrogens is 320 g/mol. The number of H-pyrrole nitrogens is 1. The fourth-order valence-corrected chi connectivity index (χ4v) is 2.82. The Labute approximate surface area is 145 Å². The van der Waals surface area contributed by atoms with E-state index >= 15 is 0 Å². The Morgan fingerprint density at radius 2 is 2.16 bits per heavy atom. The maximum atomic E-state index is 12.3. The Morgan fingerprint density at radius 1 is 1.36 bits per heavy atom. The van der Waals surface area contributed by atoms with E-state index in [-0.39, 0.29) is 18.5 Å². The van der Waals surface area contributed by atoms with Gasteiger partial charge in [0.05, 0.1) is 25.1 Å². The fraction of sp³-hybridized carbons (Fsp3) is 0.438. The van der Waals surface area contributed by atoms with Gasteiger partial charge in [0.15, 0.2) is 11.5 Å². The van der Waals surface area contributed by atoms with Crippen molar-refractivity contribution in [2.24, 2.45) is 0 Å². The molecule has 25 heavy (non-hydrogen) atoms. The molecule has 1 amide bonds. The van der Waals surface area contributed by atoms with E-state index in [1.807, 2.05) is 38.6 Å². The molecule has 0 aromatic carbocycles. The van der Waals surface area contributed by atoms with Crippen molar-refractivity contribution in [2.75, 3.05) is 18.5 Å². The van der Waals surface area contributed by atoms with Gasteiger partial charge in [-0.3, -0.25) is 9.48 Å². The molecule has 9 nitrogen and oxygen atoms in total. The Balaban J connectivity index is 1.60. The summed E-state index contributed by atoms with van der Waals surface area (Å²) in [4.78, 5) is 29.5. The number of imidazole rings is 1. The van der Waals surface area contributed by atoms with Crippen molar-refractivity contribution in [3.8, 4) is 0 Å². The van der Waals surface area contributed by atoms with Crippen LogP contribution in [-0.4, -0.2) is 55.3 Å². The zero-order valence-electron chi connectivity index (χ0n) is 14.8. The highest BCUT2D eigenvalue weighted by molar-refractivity contribution is 5.87. The average molecular weight is 342 g/mol. The molecule has 1 atom stereocenters. The molecular formula is C16H22N8O. The summed E-state index contributed by atoms with van der Waals surface area (Å²) in [5.74, 6) is 0.562. The lowest BCUT2D eigenvalue weighted by Crippen LogP contribution is -2.42. The lowest BCUT2D eigenvalue weighted by atomic mass is 10.3. The van der Waals surface area contributed by atoms with Gasteiger partial charge in [-0.2, -0.15) is 5.10 Å². The number of carbonyl (C=O) groups is 1. The Kier molecular flexibility index (Phi) is 4.64. The molecule has 3 heterocycles. The first-order chi connectivity index (χ1) is 11.9. The van der Waals surface area contributed by atoms with Crippen LogP contribution in [0.15, 0.2) is 18.7 Å². The molecule has 0 aliphatic heterocycles. The molecule has 0 saturated carbocycles. The Hall–Kier alpha value is -2.97. The van der Waals surface area contributed by atoms with Gasteiger partial charge in [0.2, 0.25) is 5.91 Å². The predicted octanol–water partition coefficient (Wildman–Crippen LogP) is 0.807. The Bertz CT molecular complexity index is 883. The Morgan fingerprint density at radius 3 is 2.88 bits per heavy atom. The number of carbonyl (C=O) groups excluding carboxylic acids is 1. The molecule has 0 saturated heterocycles. The first-order valence-electron chi connectivity index (χ1n) is 8.09. The highest BCUT2D eigenvalue weighted by atomic mass is 16.2. The van der Waals surface area contributed by atoms with Gasteiger partial charge < -0.3 is 15.2 Å². The minimum absolute atomic E-state index is 0.0310. The molecule has 0 bridgehead atoms. The summed E-state index contributed by atoms with van der Waals surface area (Å²) in [6, 6.07) is 1.99. The number of likely N-dealkylation sites (N-methyl/N-ethyl adjacent to an activating group) is 1. The lowest BCUT2D eigenvalue weighted by Gasteiger charge is -2.20. The zero-order valence-corrected chi connectivity index (χ0v) is 14.8. The number of nitrogens with one attached hydrogen (secondary N) is 2. The van der Waals surface area contributed by atoms with Crippen molar-refractivity contribution >= 4 is 22.9 Å². The van der Waals surface area contributed by atoms with Crippen LogP contribution < -0.4 is 10.2 Å². The molecule has 9 heteroatoms. The number of nitrogens with zero attached hydrogens (tertiary/aromatic N) is 6. The first-order valence-corrected chi connectivity index (χ1v) is 8.09. The van der Waals surface area contributed by atoms with Gasteiger partial charge in [-0.1, -0.05) is 0 Å². The first kappa shape index (κ1) is 16.9. The number of fused-ring (bicyclic) bond motifs is 1. The number of aryl methyl sites for hydroxylation is 2. The highest BCUT2D eigenvalue weighted by Gasteiger charge is 2.15. The van der Waals surface area contributed by atoms with Crippen LogP contribution in [-0.2, 0) is 11.3 Å².